The maximum Gasteiger partial charge on any atom is 0.341 e. The Bertz CT molecular complexity index is 587. The fourth-order valence-corrected chi connectivity index (χ4v) is 2.60. The van der Waals surface area contributed by atoms with Gasteiger partial charge in [0.15, 0.2) is 0 Å². The Kier molecular flexibility index (Phi) is 8.41. The summed E-state index contributed by atoms with van der Waals surface area (Å²) < 4.78 is 15.6. The number of ether oxygens (including phenoxy) is 3. The molecule has 0 spiro atoms. The van der Waals surface area contributed by atoms with Gasteiger partial charge in [0.1, 0.15) is 16.9 Å². The average molecular weight is 351 g/mol. The van der Waals surface area contributed by atoms with Crippen molar-refractivity contribution in [2.45, 2.75) is 52.1 Å². The maximum absolute atomic E-state index is 12.7. The highest BCUT2D eigenvalue weighted by molar-refractivity contribution is 5.99. The summed E-state index contributed by atoms with van der Waals surface area (Å²) in [6, 6.07) is 4.85. The largest absolute Gasteiger partial charge is 0.496 e. The van der Waals surface area contributed by atoms with Crippen LogP contribution in [0.5, 0.6) is 5.75 Å². The highest BCUT2D eigenvalue weighted by Gasteiger charge is 2.33. The lowest BCUT2D eigenvalue weighted by Crippen LogP contribution is -2.42. The molecule has 1 atom stereocenters. The number of hydrogen-bond donors (Lipinski definition) is 1. The highest BCUT2D eigenvalue weighted by Crippen LogP contribution is 2.26. The van der Waals surface area contributed by atoms with E-state index in [2.05, 4.69) is 12.2 Å². The van der Waals surface area contributed by atoms with Gasteiger partial charge in [-0.05, 0) is 38.5 Å². The van der Waals surface area contributed by atoms with E-state index in [9.17, 15) is 9.59 Å². The summed E-state index contributed by atoms with van der Waals surface area (Å²) in [7, 11) is 2.77. The van der Waals surface area contributed by atoms with Crippen LogP contribution in [0.3, 0.4) is 0 Å². The van der Waals surface area contributed by atoms with Crippen LogP contribution in [0.4, 0.5) is 5.69 Å². The van der Waals surface area contributed by atoms with E-state index in [4.69, 9.17) is 14.2 Å². The number of anilines is 1. The number of esters is 1. The third-order valence-electron chi connectivity index (χ3n) is 4.06. The Morgan fingerprint density at radius 2 is 1.88 bits per heavy atom. The summed E-state index contributed by atoms with van der Waals surface area (Å²) >= 11 is 0. The third-order valence-corrected chi connectivity index (χ3v) is 4.06. The van der Waals surface area contributed by atoms with Crippen molar-refractivity contribution in [3.05, 3.63) is 23.8 Å². The SMILES string of the molecule is CCCCCC(C)(OCC)C(=O)Nc1ccc(OC)c(C(=O)OC)c1. The molecule has 1 aromatic carbocycles. The van der Waals surface area contributed by atoms with Crippen molar-refractivity contribution in [2.75, 3.05) is 26.1 Å². The molecule has 1 rings (SSSR count). The van der Waals surface area contributed by atoms with E-state index in [0.717, 1.165) is 19.3 Å². The van der Waals surface area contributed by atoms with Crippen molar-refractivity contribution in [1.29, 1.82) is 0 Å². The van der Waals surface area contributed by atoms with Gasteiger partial charge >= 0.3 is 5.97 Å². The first-order valence-corrected chi connectivity index (χ1v) is 8.63. The van der Waals surface area contributed by atoms with Crippen molar-refractivity contribution in [2.24, 2.45) is 0 Å². The molecular weight excluding hydrogens is 322 g/mol. The van der Waals surface area contributed by atoms with Crippen LogP contribution in [0.1, 0.15) is 56.8 Å². The normalized spacial score (nSPS) is 13.0. The van der Waals surface area contributed by atoms with Crippen LogP contribution in [-0.4, -0.2) is 38.3 Å². The Morgan fingerprint density at radius 1 is 1.16 bits per heavy atom. The summed E-state index contributed by atoms with van der Waals surface area (Å²) in [4.78, 5) is 24.6. The molecule has 0 bridgehead atoms. The van der Waals surface area contributed by atoms with Crippen molar-refractivity contribution in [1.82, 2.24) is 0 Å². The predicted octanol–water partition coefficient (Wildman–Crippen LogP) is 3.80. The minimum Gasteiger partial charge on any atom is -0.496 e. The molecule has 0 saturated carbocycles. The van der Waals surface area contributed by atoms with Crippen LogP contribution < -0.4 is 10.1 Å². The molecule has 1 amide bonds. The van der Waals surface area contributed by atoms with Gasteiger partial charge in [0.2, 0.25) is 0 Å². The fraction of sp³-hybridized carbons (Fsp3) is 0.579. The van der Waals surface area contributed by atoms with E-state index in [-0.39, 0.29) is 11.5 Å². The second-order valence-electron chi connectivity index (χ2n) is 5.98. The average Bonchev–Trinajstić information content (AvgIpc) is 2.61. The zero-order valence-electron chi connectivity index (χ0n) is 15.8. The number of carbonyl (C=O) groups is 2. The van der Waals surface area contributed by atoms with Crippen LogP contribution in [0.15, 0.2) is 18.2 Å². The van der Waals surface area contributed by atoms with Crippen LogP contribution in [0, 0.1) is 0 Å². The van der Waals surface area contributed by atoms with Crippen LogP contribution in [0.2, 0.25) is 0 Å². The first-order chi connectivity index (χ1) is 11.9. The molecule has 0 saturated heterocycles. The van der Waals surface area contributed by atoms with Crippen LogP contribution in [0.25, 0.3) is 0 Å². The monoisotopic (exact) mass is 351 g/mol. The number of amides is 1. The molecule has 0 aliphatic rings. The summed E-state index contributed by atoms with van der Waals surface area (Å²) in [5, 5.41) is 2.84. The van der Waals surface area contributed by atoms with E-state index in [1.807, 2.05) is 6.92 Å². The van der Waals surface area contributed by atoms with E-state index in [1.165, 1.54) is 14.2 Å². The fourth-order valence-electron chi connectivity index (χ4n) is 2.60. The summed E-state index contributed by atoms with van der Waals surface area (Å²) in [5.74, 6) is -0.365. The second kappa shape index (κ2) is 10.0. The lowest BCUT2D eigenvalue weighted by Gasteiger charge is -2.28. The molecular formula is C19H29NO5. The molecule has 0 aliphatic carbocycles. The number of rotatable bonds is 10. The molecule has 0 heterocycles. The molecule has 1 N–H and O–H groups in total. The van der Waals surface area contributed by atoms with E-state index in [0.29, 0.717) is 24.5 Å². The smallest absolute Gasteiger partial charge is 0.341 e. The molecule has 1 unspecified atom stereocenters. The Morgan fingerprint density at radius 3 is 2.44 bits per heavy atom. The number of carbonyl (C=O) groups excluding carboxylic acids is 2. The zero-order valence-corrected chi connectivity index (χ0v) is 15.8. The number of methoxy groups -OCH3 is 2. The molecule has 25 heavy (non-hydrogen) atoms. The molecule has 1 aromatic rings. The standard InChI is InChI=1S/C19H29NO5/c1-6-8-9-12-19(3,25-7-2)18(22)20-14-10-11-16(23-4)15(13-14)17(21)24-5/h10-11,13H,6-9,12H2,1-5H3,(H,20,22). The Balaban J connectivity index is 2.97. The van der Waals surface area contributed by atoms with Gasteiger partial charge in [-0.15, -0.1) is 0 Å². The third kappa shape index (κ3) is 5.74. The summed E-state index contributed by atoms with van der Waals surface area (Å²) in [5.41, 5.74) is -0.158. The molecule has 6 heteroatoms. The van der Waals surface area contributed by atoms with Gasteiger partial charge in [0.25, 0.3) is 5.91 Å². The predicted molar refractivity (Wildman–Crippen MR) is 97.1 cm³/mol. The number of unbranched alkanes of at least 4 members (excludes halogenated alkanes) is 2. The van der Waals surface area contributed by atoms with E-state index < -0.39 is 11.6 Å². The molecule has 6 nitrogen and oxygen atoms in total. The van der Waals surface area contributed by atoms with Crippen molar-refractivity contribution < 1.29 is 23.8 Å². The van der Waals surface area contributed by atoms with Crippen LogP contribution in [-0.2, 0) is 14.3 Å². The van der Waals surface area contributed by atoms with E-state index in [1.54, 1.807) is 25.1 Å². The zero-order chi connectivity index (χ0) is 18.9. The minimum atomic E-state index is -0.907. The van der Waals surface area contributed by atoms with Gasteiger partial charge in [0.05, 0.1) is 14.2 Å². The van der Waals surface area contributed by atoms with Gasteiger partial charge in [-0.3, -0.25) is 4.79 Å². The molecule has 140 valence electrons. The topological polar surface area (TPSA) is 73.9 Å². The van der Waals surface area contributed by atoms with E-state index >= 15 is 0 Å². The van der Waals surface area contributed by atoms with Crippen molar-refractivity contribution >= 4 is 17.6 Å². The van der Waals surface area contributed by atoms with Crippen molar-refractivity contribution in [3.8, 4) is 5.75 Å². The molecule has 0 fully saturated rings. The quantitative estimate of drug-likeness (QED) is 0.513. The summed E-state index contributed by atoms with van der Waals surface area (Å²) in [6.45, 7) is 6.23. The number of nitrogens with one attached hydrogen (secondary N) is 1. The lowest BCUT2D eigenvalue weighted by atomic mass is 9.96. The first-order valence-electron chi connectivity index (χ1n) is 8.63. The molecule has 0 aromatic heterocycles. The van der Waals surface area contributed by atoms with Gasteiger partial charge in [-0.2, -0.15) is 0 Å². The lowest BCUT2D eigenvalue weighted by molar-refractivity contribution is -0.139. The minimum absolute atomic E-state index is 0.230. The molecule has 0 radical (unpaired) electrons. The van der Waals surface area contributed by atoms with Gasteiger partial charge in [-0.1, -0.05) is 26.2 Å². The highest BCUT2D eigenvalue weighted by atomic mass is 16.5. The molecule has 0 aliphatic heterocycles. The Labute approximate surface area is 149 Å². The van der Waals surface area contributed by atoms with Crippen molar-refractivity contribution in [3.63, 3.8) is 0 Å². The summed E-state index contributed by atoms with van der Waals surface area (Å²) in [6.07, 6.45) is 3.67. The number of hydrogen-bond acceptors (Lipinski definition) is 5. The van der Waals surface area contributed by atoms with Gasteiger partial charge in [0, 0.05) is 12.3 Å². The van der Waals surface area contributed by atoms with Crippen LogP contribution >= 0.6 is 0 Å². The number of benzene rings is 1. The van der Waals surface area contributed by atoms with Gasteiger partial charge < -0.3 is 19.5 Å². The maximum atomic E-state index is 12.7. The Hall–Kier alpha value is -2.08. The second-order valence-corrected chi connectivity index (χ2v) is 5.98. The first kappa shape index (κ1) is 21.0. The van der Waals surface area contributed by atoms with Gasteiger partial charge in [-0.25, -0.2) is 4.79 Å².